The van der Waals surface area contributed by atoms with E-state index in [1.54, 1.807) is 6.26 Å². The third-order valence-corrected chi connectivity index (χ3v) is 9.48. The van der Waals surface area contributed by atoms with Gasteiger partial charge in [-0.05, 0) is 85.7 Å². The molecule has 1 aromatic heterocycles. The lowest BCUT2D eigenvalue weighted by Gasteiger charge is -2.63. The topological polar surface area (TPSA) is 59.7 Å². The van der Waals surface area contributed by atoms with Crippen molar-refractivity contribution in [3.63, 3.8) is 0 Å². The van der Waals surface area contributed by atoms with E-state index in [1.807, 2.05) is 6.07 Å². The summed E-state index contributed by atoms with van der Waals surface area (Å²) in [6, 6.07) is 3.44. The molecule has 7 atom stereocenters. The maximum absolute atomic E-state index is 12.1. The molecule has 1 aromatic rings. The maximum atomic E-state index is 12.1. The average molecular weight is 373 g/mol. The van der Waals surface area contributed by atoms with Crippen molar-refractivity contribution in [2.24, 2.45) is 28.6 Å². The third-order valence-electron chi connectivity index (χ3n) is 9.48. The molecule has 27 heavy (non-hydrogen) atoms. The molecule has 1 saturated heterocycles. The molecule has 4 unspecified atom stereocenters. The summed E-state index contributed by atoms with van der Waals surface area (Å²) >= 11 is 0. The van der Waals surface area contributed by atoms with E-state index in [0.717, 1.165) is 50.9 Å². The molecule has 0 radical (unpaired) electrons. The minimum Gasteiger partial charge on any atom is -0.431 e. The highest BCUT2D eigenvalue weighted by molar-refractivity contribution is 5.26. The van der Waals surface area contributed by atoms with Gasteiger partial charge in [-0.2, -0.15) is 0 Å². The lowest BCUT2D eigenvalue weighted by atomic mass is 9.44. The van der Waals surface area contributed by atoms with Crippen LogP contribution in [0, 0.1) is 28.6 Å². The molecule has 0 spiro atoms. The van der Waals surface area contributed by atoms with Crippen LogP contribution in [-0.4, -0.2) is 23.9 Å². The minimum atomic E-state index is -0.608. The fraction of sp³-hybridized carbons (Fsp3) is 0.783. The SMILES string of the molecule is CC12CCOC[C@H]1CCC1C2CC[C@]2(C)C(c3ccc(=O)oc3)CC[C@]12O. The van der Waals surface area contributed by atoms with Gasteiger partial charge in [-0.1, -0.05) is 13.8 Å². The van der Waals surface area contributed by atoms with Crippen molar-refractivity contribution >= 4 is 0 Å². The van der Waals surface area contributed by atoms with Crippen LogP contribution < -0.4 is 5.63 Å². The van der Waals surface area contributed by atoms with Crippen molar-refractivity contribution < 1.29 is 14.3 Å². The summed E-state index contributed by atoms with van der Waals surface area (Å²) in [7, 11) is 0. The quantitative estimate of drug-likeness (QED) is 0.806. The van der Waals surface area contributed by atoms with Crippen molar-refractivity contribution in [2.75, 3.05) is 13.2 Å². The van der Waals surface area contributed by atoms with E-state index in [2.05, 4.69) is 13.8 Å². The zero-order valence-electron chi connectivity index (χ0n) is 16.6. The molecule has 4 aliphatic rings. The Hall–Kier alpha value is -1.13. The number of rotatable bonds is 1. The Morgan fingerprint density at radius 1 is 1.04 bits per heavy atom. The first-order valence-electron chi connectivity index (χ1n) is 10.8. The van der Waals surface area contributed by atoms with E-state index in [4.69, 9.17) is 9.15 Å². The molecule has 4 nitrogen and oxygen atoms in total. The number of aliphatic hydroxyl groups is 1. The van der Waals surface area contributed by atoms with Gasteiger partial charge in [0.15, 0.2) is 0 Å². The fourth-order valence-corrected chi connectivity index (χ4v) is 7.78. The third kappa shape index (κ3) is 2.32. The Balaban J connectivity index is 1.50. The predicted octanol–water partition coefficient (Wildman–Crippen LogP) is 4.12. The molecule has 1 aliphatic heterocycles. The van der Waals surface area contributed by atoms with Crippen LogP contribution in [0.5, 0.6) is 0 Å². The highest BCUT2D eigenvalue weighted by Crippen LogP contribution is 2.69. The van der Waals surface area contributed by atoms with Crippen LogP contribution >= 0.6 is 0 Å². The summed E-state index contributed by atoms with van der Waals surface area (Å²) in [6.45, 7) is 6.55. The zero-order valence-corrected chi connectivity index (χ0v) is 16.6. The molecule has 0 bridgehead atoms. The Labute approximate surface area is 161 Å². The first-order chi connectivity index (χ1) is 12.9. The van der Waals surface area contributed by atoms with Crippen LogP contribution in [0.15, 0.2) is 27.6 Å². The number of hydrogen-bond donors (Lipinski definition) is 1. The van der Waals surface area contributed by atoms with Crippen molar-refractivity contribution in [1.82, 2.24) is 0 Å². The van der Waals surface area contributed by atoms with Gasteiger partial charge in [-0.15, -0.1) is 0 Å². The van der Waals surface area contributed by atoms with Crippen molar-refractivity contribution in [2.45, 2.75) is 70.3 Å². The molecule has 0 aromatic carbocycles. The second-order valence-corrected chi connectivity index (χ2v) is 10.2. The highest BCUT2D eigenvalue weighted by atomic mass is 16.5. The number of ether oxygens (including phenoxy) is 1. The normalized spacial score (nSPS) is 49.1. The Bertz CT molecular complexity index is 766. The van der Waals surface area contributed by atoms with Gasteiger partial charge in [0.2, 0.25) is 0 Å². The van der Waals surface area contributed by atoms with Crippen LogP contribution in [-0.2, 0) is 4.74 Å². The van der Waals surface area contributed by atoms with E-state index >= 15 is 0 Å². The van der Waals surface area contributed by atoms with E-state index in [1.165, 1.54) is 18.9 Å². The maximum Gasteiger partial charge on any atom is 0.335 e. The van der Waals surface area contributed by atoms with Crippen molar-refractivity contribution in [3.8, 4) is 0 Å². The minimum absolute atomic E-state index is 0.136. The lowest BCUT2D eigenvalue weighted by Crippen LogP contribution is -2.62. The summed E-state index contributed by atoms with van der Waals surface area (Å²) in [5.41, 5.74) is 0.352. The molecule has 0 amide bonds. The smallest absolute Gasteiger partial charge is 0.335 e. The molecule has 1 N–H and O–H groups in total. The zero-order chi connectivity index (χ0) is 18.9. The van der Waals surface area contributed by atoms with E-state index in [0.29, 0.717) is 23.2 Å². The van der Waals surface area contributed by atoms with Gasteiger partial charge < -0.3 is 14.3 Å². The molecule has 2 heterocycles. The Morgan fingerprint density at radius 3 is 2.67 bits per heavy atom. The summed E-state index contributed by atoms with van der Waals surface area (Å²) in [5.74, 6) is 1.91. The fourth-order valence-electron chi connectivity index (χ4n) is 7.78. The summed E-state index contributed by atoms with van der Waals surface area (Å²) < 4.78 is 11.0. The Kier molecular flexibility index (Phi) is 3.94. The standard InChI is InChI=1S/C23H32O4/c1-21-11-12-26-14-16(21)4-5-19-18(21)7-9-22(2)17(8-10-23(19,22)25)15-3-6-20(24)27-13-15/h3,6,13,16-19,25H,4-5,7-12,14H2,1-2H3/t16-,17?,18?,19?,21?,22-,23+/m1/s1. The first kappa shape index (κ1) is 17.9. The molecule has 5 rings (SSSR count). The molecule has 4 heteroatoms. The van der Waals surface area contributed by atoms with E-state index in [9.17, 15) is 9.90 Å². The molecular weight excluding hydrogens is 340 g/mol. The Morgan fingerprint density at radius 2 is 1.89 bits per heavy atom. The summed E-state index contributed by atoms with van der Waals surface area (Å²) in [5, 5.41) is 12.1. The van der Waals surface area contributed by atoms with Gasteiger partial charge in [-0.3, -0.25) is 0 Å². The molecule has 3 aliphatic carbocycles. The van der Waals surface area contributed by atoms with Crippen molar-refractivity contribution in [1.29, 1.82) is 0 Å². The van der Waals surface area contributed by atoms with E-state index in [-0.39, 0.29) is 17.0 Å². The molecule has 148 valence electrons. The van der Waals surface area contributed by atoms with Crippen LogP contribution in [0.1, 0.15) is 70.3 Å². The first-order valence-corrected chi connectivity index (χ1v) is 10.8. The summed E-state index contributed by atoms with van der Waals surface area (Å²) in [6.07, 6.45) is 9.17. The van der Waals surface area contributed by atoms with Gasteiger partial charge in [0.1, 0.15) is 0 Å². The van der Waals surface area contributed by atoms with Crippen LogP contribution in [0.2, 0.25) is 0 Å². The molecule has 4 fully saturated rings. The van der Waals surface area contributed by atoms with Crippen LogP contribution in [0.4, 0.5) is 0 Å². The van der Waals surface area contributed by atoms with Gasteiger partial charge in [0.25, 0.3) is 0 Å². The van der Waals surface area contributed by atoms with Gasteiger partial charge in [0, 0.05) is 24.7 Å². The average Bonchev–Trinajstić information content (AvgIpc) is 2.94. The summed E-state index contributed by atoms with van der Waals surface area (Å²) in [4.78, 5) is 11.4. The monoisotopic (exact) mass is 372 g/mol. The largest absolute Gasteiger partial charge is 0.431 e. The second kappa shape index (κ2) is 5.93. The molecular formula is C23H32O4. The molecule has 3 saturated carbocycles. The lowest BCUT2D eigenvalue weighted by molar-refractivity contribution is -0.212. The van der Waals surface area contributed by atoms with E-state index < -0.39 is 5.60 Å². The predicted molar refractivity (Wildman–Crippen MR) is 102 cm³/mol. The number of hydrogen-bond acceptors (Lipinski definition) is 4. The van der Waals surface area contributed by atoms with Crippen LogP contribution in [0.25, 0.3) is 0 Å². The van der Waals surface area contributed by atoms with Gasteiger partial charge in [-0.25, -0.2) is 4.79 Å². The number of fused-ring (bicyclic) bond motifs is 5. The van der Waals surface area contributed by atoms with Gasteiger partial charge >= 0.3 is 5.63 Å². The van der Waals surface area contributed by atoms with Crippen molar-refractivity contribution in [3.05, 3.63) is 34.4 Å². The van der Waals surface area contributed by atoms with Gasteiger partial charge in [0.05, 0.1) is 11.9 Å². The van der Waals surface area contributed by atoms with Crippen LogP contribution in [0.3, 0.4) is 0 Å². The second-order valence-electron chi connectivity index (χ2n) is 10.2. The highest BCUT2D eigenvalue weighted by Gasteiger charge is 2.67.